The van der Waals surface area contributed by atoms with Crippen molar-refractivity contribution < 1.29 is 14.6 Å². The van der Waals surface area contributed by atoms with Crippen LogP contribution in [0, 0.1) is 5.92 Å². The van der Waals surface area contributed by atoms with E-state index in [1.807, 2.05) is 0 Å². The summed E-state index contributed by atoms with van der Waals surface area (Å²) in [6, 6.07) is 0. The summed E-state index contributed by atoms with van der Waals surface area (Å²) >= 11 is 0. The Balaban J connectivity index is 2.47. The van der Waals surface area contributed by atoms with Crippen molar-refractivity contribution in [3.05, 3.63) is 0 Å². The van der Waals surface area contributed by atoms with Crippen LogP contribution in [0.5, 0.6) is 0 Å². The molecule has 1 fully saturated rings. The number of methoxy groups -OCH3 is 1. The fourth-order valence-electron chi connectivity index (χ4n) is 2.09. The van der Waals surface area contributed by atoms with Crippen LogP contribution in [-0.2, 0) is 9.47 Å². The highest BCUT2D eigenvalue weighted by atomic mass is 16.5. The third kappa shape index (κ3) is 3.42. The highest BCUT2D eigenvalue weighted by molar-refractivity contribution is 4.91. The molecule has 2 atom stereocenters. The van der Waals surface area contributed by atoms with Crippen molar-refractivity contribution in [1.82, 2.24) is 5.32 Å². The zero-order valence-electron chi connectivity index (χ0n) is 10.7. The number of ether oxygens (including phenoxy) is 2. The topological polar surface area (TPSA) is 50.7 Å². The molecule has 2 N–H and O–H groups in total. The largest absolute Gasteiger partial charge is 0.394 e. The minimum absolute atomic E-state index is 0.0885. The number of aliphatic hydroxyl groups is 1. The van der Waals surface area contributed by atoms with Gasteiger partial charge in [-0.25, -0.2) is 0 Å². The van der Waals surface area contributed by atoms with E-state index in [1.54, 1.807) is 7.11 Å². The molecule has 0 amide bonds. The molecule has 0 aliphatic carbocycles. The standard InChI is InChI=1S/C12H25NO3/c1-10(2)12(8-14,9-15-3)13-7-11-5-4-6-16-11/h10-11,13-14H,4-9H2,1-3H3. The summed E-state index contributed by atoms with van der Waals surface area (Å²) in [4.78, 5) is 0. The predicted octanol–water partition coefficient (Wildman–Crippen LogP) is 0.788. The van der Waals surface area contributed by atoms with E-state index in [-0.39, 0.29) is 12.1 Å². The molecule has 1 saturated heterocycles. The second-order valence-corrected chi connectivity index (χ2v) is 4.92. The molecule has 96 valence electrons. The van der Waals surface area contributed by atoms with E-state index >= 15 is 0 Å². The number of hydrogen-bond donors (Lipinski definition) is 2. The van der Waals surface area contributed by atoms with Gasteiger partial charge in [-0.2, -0.15) is 0 Å². The first-order valence-electron chi connectivity index (χ1n) is 6.11. The Bertz CT molecular complexity index is 193. The van der Waals surface area contributed by atoms with Crippen LogP contribution in [-0.4, -0.2) is 50.2 Å². The van der Waals surface area contributed by atoms with Crippen LogP contribution >= 0.6 is 0 Å². The number of hydrogen-bond acceptors (Lipinski definition) is 4. The van der Waals surface area contributed by atoms with E-state index < -0.39 is 0 Å². The molecular formula is C12H25NO3. The third-order valence-electron chi connectivity index (χ3n) is 3.50. The Morgan fingerprint density at radius 2 is 2.31 bits per heavy atom. The molecule has 0 aromatic rings. The van der Waals surface area contributed by atoms with Crippen LogP contribution < -0.4 is 5.32 Å². The Morgan fingerprint density at radius 3 is 2.75 bits per heavy atom. The predicted molar refractivity (Wildman–Crippen MR) is 63.5 cm³/mol. The van der Waals surface area contributed by atoms with Gasteiger partial charge in [0.05, 0.1) is 24.9 Å². The molecular weight excluding hydrogens is 206 g/mol. The highest BCUT2D eigenvalue weighted by Crippen LogP contribution is 2.19. The maximum Gasteiger partial charge on any atom is 0.0700 e. The summed E-state index contributed by atoms with van der Waals surface area (Å²) in [6.07, 6.45) is 2.55. The van der Waals surface area contributed by atoms with Crippen LogP contribution in [0.1, 0.15) is 26.7 Å². The number of aliphatic hydroxyl groups excluding tert-OH is 1. The van der Waals surface area contributed by atoms with Gasteiger partial charge >= 0.3 is 0 Å². The average molecular weight is 231 g/mol. The number of nitrogens with one attached hydrogen (secondary N) is 1. The zero-order chi connectivity index (χ0) is 12.0. The van der Waals surface area contributed by atoms with Gasteiger partial charge in [0.1, 0.15) is 0 Å². The molecule has 16 heavy (non-hydrogen) atoms. The summed E-state index contributed by atoms with van der Waals surface area (Å²) in [5, 5.41) is 13.0. The van der Waals surface area contributed by atoms with Crippen molar-refractivity contribution in [1.29, 1.82) is 0 Å². The second kappa shape index (κ2) is 6.55. The average Bonchev–Trinajstić information content (AvgIpc) is 2.76. The summed E-state index contributed by atoms with van der Waals surface area (Å²) < 4.78 is 10.8. The second-order valence-electron chi connectivity index (χ2n) is 4.92. The van der Waals surface area contributed by atoms with Gasteiger partial charge in [0.25, 0.3) is 0 Å². The van der Waals surface area contributed by atoms with Crippen LogP contribution in [0.15, 0.2) is 0 Å². The van der Waals surface area contributed by atoms with E-state index in [0.29, 0.717) is 18.6 Å². The van der Waals surface area contributed by atoms with E-state index in [0.717, 1.165) is 26.0 Å². The van der Waals surface area contributed by atoms with Gasteiger partial charge in [-0.1, -0.05) is 13.8 Å². The first-order valence-corrected chi connectivity index (χ1v) is 6.11. The van der Waals surface area contributed by atoms with Gasteiger partial charge in [0, 0.05) is 20.3 Å². The number of rotatable bonds is 7. The van der Waals surface area contributed by atoms with Crippen LogP contribution in [0.4, 0.5) is 0 Å². The molecule has 1 rings (SSSR count). The summed E-state index contributed by atoms with van der Waals surface area (Å²) in [5.74, 6) is 0.318. The molecule has 0 saturated carbocycles. The molecule has 1 heterocycles. The Morgan fingerprint density at radius 1 is 1.56 bits per heavy atom. The lowest BCUT2D eigenvalue weighted by Crippen LogP contribution is -2.57. The van der Waals surface area contributed by atoms with Crippen molar-refractivity contribution in [2.24, 2.45) is 5.92 Å². The maximum atomic E-state index is 9.57. The molecule has 2 unspecified atom stereocenters. The molecule has 1 aliphatic heterocycles. The van der Waals surface area contributed by atoms with Crippen molar-refractivity contribution in [2.45, 2.75) is 38.3 Å². The Kier molecular flexibility index (Phi) is 5.69. The fourth-order valence-corrected chi connectivity index (χ4v) is 2.09. The lowest BCUT2D eigenvalue weighted by molar-refractivity contribution is 0.0198. The lowest BCUT2D eigenvalue weighted by atomic mass is 9.87. The van der Waals surface area contributed by atoms with Crippen molar-refractivity contribution in [3.63, 3.8) is 0 Å². The lowest BCUT2D eigenvalue weighted by Gasteiger charge is -2.37. The quantitative estimate of drug-likeness (QED) is 0.680. The van der Waals surface area contributed by atoms with Gasteiger partial charge in [-0.3, -0.25) is 0 Å². The molecule has 1 aliphatic rings. The van der Waals surface area contributed by atoms with Crippen LogP contribution in [0.25, 0.3) is 0 Å². The molecule has 0 bridgehead atoms. The van der Waals surface area contributed by atoms with Crippen LogP contribution in [0.2, 0.25) is 0 Å². The van der Waals surface area contributed by atoms with Gasteiger partial charge in [-0.05, 0) is 18.8 Å². The van der Waals surface area contributed by atoms with Crippen molar-refractivity contribution >= 4 is 0 Å². The van der Waals surface area contributed by atoms with Gasteiger partial charge in [0.15, 0.2) is 0 Å². The minimum atomic E-state index is -0.347. The van der Waals surface area contributed by atoms with Gasteiger partial charge in [-0.15, -0.1) is 0 Å². The molecule has 0 aromatic heterocycles. The first-order chi connectivity index (χ1) is 7.64. The Hall–Kier alpha value is -0.160. The molecule has 0 spiro atoms. The van der Waals surface area contributed by atoms with E-state index in [1.165, 1.54) is 0 Å². The minimum Gasteiger partial charge on any atom is -0.394 e. The van der Waals surface area contributed by atoms with Gasteiger partial charge in [0.2, 0.25) is 0 Å². The molecule has 0 radical (unpaired) electrons. The van der Waals surface area contributed by atoms with E-state index in [9.17, 15) is 5.11 Å². The molecule has 4 nitrogen and oxygen atoms in total. The Labute approximate surface area is 98.3 Å². The SMILES string of the molecule is COCC(CO)(NCC1CCCO1)C(C)C. The van der Waals surface area contributed by atoms with Crippen LogP contribution in [0.3, 0.4) is 0 Å². The zero-order valence-corrected chi connectivity index (χ0v) is 10.7. The van der Waals surface area contributed by atoms with Crippen molar-refractivity contribution in [3.8, 4) is 0 Å². The maximum absolute atomic E-state index is 9.57. The first kappa shape index (κ1) is 13.9. The third-order valence-corrected chi connectivity index (χ3v) is 3.50. The van der Waals surface area contributed by atoms with Crippen molar-refractivity contribution in [2.75, 3.05) is 33.5 Å². The monoisotopic (exact) mass is 231 g/mol. The summed E-state index contributed by atoms with van der Waals surface area (Å²) in [6.45, 7) is 6.46. The molecule has 0 aromatic carbocycles. The molecule has 4 heteroatoms. The summed E-state index contributed by atoms with van der Waals surface area (Å²) in [7, 11) is 1.67. The highest BCUT2D eigenvalue weighted by Gasteiger charge is 2.33. The smallest absolute Gasteiger partial charge is 0.0700 e. The summed E-state index contributed by atoms with van der Waals surface area (Å²) in [5.41, 5.74) is -0.347. The fraction of sp³-hybridized carbons (Fsp3) is 1.00. The van der Waals surface area contributed by atoms with Gasteiger partial charge < -0.3 is 19.9 Å². The normalized spacial score (nSPS) is 24.9. The van der Waals surface area contributed by atoms with E-state index in [2.05, 4.69) is 19.2 Å². The van der Waals surface area contributed by atoms with E-state index in [4.69, 9.17) is 9.47 Å².